The van der Waals surface area contributed by atoms with Crippen LogP contribution in [-0.4, -0.2) is 41.6 Å². The Hall–Kier alpha value is 0.160. The van der Waals surface area contributed by atoms with Crippen LogP contribution in [0.4, 0.5) is 0 Å². The van der Waals surface area contributed by atoms with Gasteiger partial charge in [0.1, 0.15) is 0 Å². The predicted molar refractivity (Wildman–Crippen MR) is 72.3 cm³/mol. The third-order valence-electron chi connectivity index (χ3n) is 1.93. The molecule has 2 unspecified atom stereocenters. The fraction of sp³-hybridized carbons (Fsp3) is 0.800. The van der Waals surface area contributed by atoms with Gasteiger partial charge in [-0.1, -0.05) is 25.5 Å². The zero-order valence-electron chi connectivity index (χ0n) is 9.75. The van der Waals surface area contributed by atoms with Crippen molar-refractivity contribution in [2.45, 2.75) is 24.3 Å². The molecule has 0 radical (unpaired) electrons. The summed E-state index contributed by atoms with van der Waals surface area (Å²) in [5, 5.41) is 13.0. The van der Waals surface area contributed by atoms with Crippen LogP contribution in [0.2, 0.25) is 0 Å². The summed E-state index contributed by atoms with van der Waals surface area (Å²) >= 11 is 3.39. The lowest BCUT2D eigenvalue weighted by atomic mass is 10.3. The molecule has 15 heavy (non-hydrogen) atoms. The fourth-order valence-electron chi connectivity index (χ4n) is 1.01. The first-order valence-corrected chi connectivity index (χ1v) is 7.20. The van der Waals surface area contributed by atoms with Crippen molar-refractivity contribution in [2.24, 2.45) is 0 Å². The minimum atomic E-state index is 0.237. The second-order valence-corrected chi connectivity index (χ2v) is 5.73. The molecule has 0 fully saturated rings. The van der Waals surface area contributed by atoms with Gasteiger partial charge in [-0.05, 0) is 13.2 Å². The van der Waals surface area contributed by atoms with Crippen LogP contribution in [0.3, 0.4) is 0 Å². The third-order valence-corrected chi connectivity index (χ3v) is 4.34. The van der Waals surface area contributed by atoms with Crippen molar-refractivity contribution < 1.29 is 5.11 Å². The van der Waals surface area contributed by atoms with Crippen molar-refractivity contribution >= 4 is 23.7 Å². The largest absolute Gasteiger partial charge is 0.395 e. The predicted octanol–water partition coefficient (Wildman–Crippen LogP) is 1.46. The maximum atomic E-state index is 9.09. The fourth-order valence-corrected chi connectivity index (χ4v) is 2.76. The van der Waals surface area contributed by atoms with Gasteiger partial charge in [-0.25, -0.2) is 0 Å². The summed E-state index contributed by atoms with van der Waals surface area (Å²) in [5.74, 6) is 0. The summed E-state index contributed by atoms with van der Waals surface area (Å²) in [7, 11) is 0. The van der Waals surface area contributed by atoms with E-state index < -0.39 is 0 Å². The average Bonchev–Trinajstić information content (AvgIpc) is 2.18. The molecule has 0 aliphatic rings. The third kappa shape index (κ3) is 8.02. The minimum Gasteiger partial charge on any atom is -0.395 e. The van der Waals surface area contributed by atoms with Crippen LogP contribution < -0.4 is 10.0 Å². The number of aliphatic hydroxyl groups excluding tert-OH is 1. The van der Waals surface area contributed by atoms with Crippen LogP contribution in [0.1, 0.15) is 13.8 Å². The van der Waals surface area contributed by atoms with Gasteiger partial charge in [-0.3, -0.25) is 4.72 Å². The zero-order chi connectivity index (χ0) is 11.7. The normalized spacial score (nSPS) is 14.7. The lowest BCUT2D eigenvalue weighted by Gasteiger charge is -2.19. The first-order valence-electron chi connectivity index (χ1n) is 5.03. The molecule has 2 atom stereocenters. The molecule has 0 aromatic rings. The standard InChI is InChI=1S/C10H22N2OS2/c1-8(2)11-5-6-12-15-9(3)10(7-13)14-4/h9-13H,1,5-7H2,2-4H3. The summed E-state index contributed by atoms with van der Waals surface area (Å²) in [6, 6.07) is 0. The highest BCUT2D eigenvalue weighted by atomic mass is 32.2. The lowest BCUT2D eigenvalue weighted by molar-refractivity contribution is 0.294. The molecule has 0 aromatic carbocycles. The molecule has 0 rings (SSSR count). The second-order valence-electron chi connectivity index (χ2n) is 3.38. The lowest BCUT2D eigenvalue weighted by Crippen LogP contribution is -2.27. The van der Waals surface area contributed by atoms with Crippen LogP contribution >= 0.6 is 23.7 Å². The van der Waals surface area contributed by atoms with Gasteiger partial charge in [0.15, 0.2) is 0 Å². The van der Waals surface area contributed by atoms with Crippen LogP contribution in [0.25, 0.3) is 0 Å². The Kier molecular flexibility index (Phi) is 9.49. The Balaban J connectivity index is 3.45. The molecule has 0 bridgehead atoms. The molecule has 0 spiro atoms. The van der Waals surface area contributed by atoms with Crippen LogP contribution in [0.15, 0.2) is 12.3 Å². The number of hydrogen-bond donors (Lipinski definition) is 3. The van der Waals surface area contributed by atoms with Crippen LogP contribution in [0.5, 0.6) is 0 Å². The number of aliphatic hydroxyl groups is 1. The molecule has 3 nitrogen and oxygen atoms in total. The molecule has 0 heterocycles. The Bertz CT molecular complexity index is 175. The summed E-state index contributed by atoms with van der Waals surface area (Å²) in [6.07, 6.45) is 2.03. The van der Waals surface area contributed by atoms with Crippen LogP contribution in [0, 0.1) is 0 Å². The van der Waals surface area contributed by atoms with E-state index in [1.54, 1.807) is 23.7 Å². The van der Waals surface area contributed by atoms with Crippen molar-refractivity contribution in [3.63, 3.8) is 0 Å². The molecular weight excluding hydrogens is 228 g/mol. The smallest absolute Gasteiger partial charge is 0.0561 e. The summed E-state index contributed by atoms with van der Waals surface area (Å²) in [5.41, 5.74) is 0.993. The second kappa shape index (κ2) is 9.39. The van der Waals surface area contributed by atoms with E-state index >= 15 is 0 Å². The Labute approximate surface area is 102 Å². The number of thioether (sulfide) groups is 1. The van der Waals surface area contributed by atoms with Gasteiger partial charge in [-0.15, -0.1) is 0 Å². The Morgan fingerprint density at radius 3 is 2.60 bits per heavy atom. The molecule has 0 saturated carbocycles. The number of nitrogens with one attached hydrogen (secondary N) is 2. The Morgan fingerprint density at radius 1 is 1.47 bits per heavy atom. The molecule has 0 aliphatic heterocycles. The molecule has 0 saturated heterocycles. The van der Waals surface area contributed by atoms with E-state index in [9.17, 15) is 0 Å². The van der Waals surface area contributed by atoms with E-state index in [0.717, 1.165) is 18.8 Å². The van der Waals surface area contributed by atoms with Gasteiger partial charge < -0.3 is 10.4 Å². The van der Waals surface area contributed by atoms with Gasteiger partial charge in [0.25, 0.3) is 0 Å². The van der Waals surface area contributed by atoms with Crippen molar-refractivity contribution in [3.05, 3.63) is 12.3 Å². The van der Waals surface area contributed by atoms with Gasteiger partial charge in [-0.2, -0.15) is 11.8 Å². The van der Waals surface area contributed by atoms with E-state index in [0.29, 0.717) is 10.5 Å². The van der Waals surface area contributed by atoms with E-state index in [-0.39, 0.29) is 6.61 Å². The quantitative estimate of drug-likeness (QED) is 0.427. The average molecular weight is 250 g/mol. The van der Waals surface area contributed by atoms with E-state index in [1.165, 1.54) is 0 Å². The zero-order valence-corrected chi connectivity index (χ0v) is 11.4. The highest BCUT2D eigenvalue weighted by Crippen LogP contribution is 2.19. The van der Waals surface area contributed by atoms with E-state index in [2.05, 4.69) is 23.5 Å². The minimum absolute atomic E-state index is 0.237. The molecule has 0 amide bonds. The highest BCUT2D eigenvalue weighted by molar-refractivity contribution is 8.02. The maximum Gasteiger partial charge on any atom is 0.0561 e. The Morgan fingerprint density at radius 2 is 2.13 bits per heavy atom. The van der Waals surface area contributed by atoms with Gasteiger partial charge in [0.05, 0.1) is 6.61 Å². The van der Waals surface area contributed by atoms with Gasteiger partial charge in [0.2, 0.25) is 0 Å². The maximum absolute atomic E-state index is 9.09. The molecular formula is C10H22N2OS2. The summed E-state index contributed by atoms with van der Waals surface area (Å²) < 4.78 is 3.28. The molecule has 5 heteroatoms. The highest BCUT2D eigenvalue weighted by Gasteiger charge is 2.14. The van der Waals surface area contributed by atoms with E-state index in [1.807, 2.05) is 13.2 Å². The van der Waals surface area contributed by atoms with Crippen molar-refractivity contribution in [1.82, 2.24) is 10.0 Å². The SMILES string of the molecule is C=C(C)NCCNSC(C)C(CO)SC. The van der Waals surface area contributed by atoms with Gasteiger partial charge >= 0.3 is 0 Å². The molecule has 0 aliphatic carbocycles. The van der Waals surface area contributed by atoms with Crippen molar-refractivity contribution in [2.75, 3.05) is 26.0 Å². The number of rotatable bonds is 9. The topological polar surface area (TPSA) is 44.3 Å². The van der Waals surface area contributed by atoms with E-state index in [4.69, 9.17) is 5.11 Å². The van der Waals surface area contributed by atoms with Crippen molar-refractivity contribution in [1.29, 1.82) is 0 Å². The number of allylic oxidation sites excluding steroid dienone is 1. The summed E-state index contributed by atoms with van der Waals surface area (Å²) in [6.45, 7) is 9.86. The van der Waals surface area contributed by atoms with Crippen molar-refractivity contribution in [3.8, 4) is 0 Å². The monoisotopic (exact) mass is 250 g/mol. The van der Waals surface area contributed by atoms with Crippen LogP contribution in [-0.2, 0) is 0 Å². The molecule has 3 N–H and O–H groups in total. The van der Waals surface area contributed by atoms with Gasteiger partial charge in [0, 0.05) is 29.3 Å². The first-order chi connectivity index (χ1) is 7.11. The first kappa shape index (κ1) is 15.2. The molecule has 0 aromatic heterocycles. The summed E-state index contributed by atoms with van der Waals surface area (Å²) in [4.78, 5) is 0. The number of hydrogen-bond acceptors (Lipinski definition) is 5. The molecule has 90 valence electrons.